The molecule has 0 fully saturated rings. The smallest absolute Gasteiger partial charge is 0.306 e. The lowest BCUT2D eigenvalue weighted by molar-refractivity contribution is -0.145. The number of rotatable bonds is 16. The Morgan fingerprint density at radius 2 is 1.67 bits per heavy atom. The maximum atomic E-state index is 11.7. The molecule has 0 radical (unpaired) electrons. The normalized spacial score (nSPS) is 10.3. The average Bonchev–Trinajstić information content (AvgIpc) is 2.70. The van der Waals surface area contributed by atoms with Crippen LogP contribution in [-0.2, 0) is 16.1 Å². The van der Waals surface area contributed by atoms with Gasteiger partial charge in [-0.3, -0.25) is 9.78 Å². The second kappa shape index (κ2) is 17.5. The summed E-state index contributed by atoms with van der Waals surface area (Å²) in [6.45, 7) is 2.56. The molecule has 0 aliphatic rings. The second-order valence-corrected chi connectivity index (χ2v) is 7.11. The molecule has 150 valence electrons. The Balaban J connectivity index is 1.84. The average molecular weight is 372 g/mol. The summed E-state index contributed by atoms with van der Waals surface area (Å²) in [4.78, 5) is 15.7. The van der Waals surface area contributed by atoms with Crippen LogP contribution in [0.25, 0.3) is 0 Å². The lowest BCUT2D eigenvalue weighted by atomic mass is 10.1. The molecule has 27 heavy (non-hydrogen) atoms. The number of hydrogen-bond donors (Lipinski definition) is 0. The molecule has 0 atom stereocenters. The highest BCUT2D eigenvalue weighted by Crippen LogP contribution is 2.11. The van der Waals surface area contributed by atoms with E-state index < -0.39 is 0 Å². The summed E-state index contributed by atoms with van der Waals surface area (Å²) in [6.07, 6.45) is 22.9. The fourth-order valence-corrected chi connectivity index (χ4v) is 2.87. The van der Waals surface area contributed by atoms with Gasteiger partial charge < -0.3 is 4.74 Å². The summed E-state index contributed by atoms with van der Waals surface area (Å²) in [7, 11) is 0. The molecule has 0 amide bonds. The third-order valence-electron chi connectivity index (χ3n) is 4.54. The van der Waals surface area contributed by atoms with Crippen molar-refractivity contribution in [2.75, 3.05) is 0 Å². The zero-order chi connectivity index (χ0) is 19.4. The summed E-state index contributed by atoms with van der Waals surface area (Å²) in [6, 6.07) is 3.77. The van der Waals surface area contributed by atoms with Gasteiger partial charge >= 0.3 is 5.97 Å². The quantitative estimate of drug-likeness (QED) is 0.180. The Bertz CT molecular complexity index is 533. The number of unbranched alkanes of at least 4 members (excludes halogenated alkanes) is 10. The molecular formula is C24H37NO2. The number of ether oxygens (including phenoxy) is 1. The molecule has 0 aliphatic heterocycles. The van der Waals surface area contributed by atoms with Gasteiger partial charge in [-0.1, -0.05) is 57.9 Å². The molecular weight excluding hydrogens is 334 g/mol. The fraction of sp³-hybridized carbons (Fsp3) is 0.625. The van der Waals surface area contributed by atoms with Gasteiger partial charge in [0.2, 0.25) is 0 Å². The van der Waals surface area contributed by atoms with Crippen LogP contribution < -0.4 is 0 Å². The van der Waals surface area contributed by atoms with Gasteiger partial charge in [0.1, 0.15) is 6.61 Å². The van der Waals surface area contributed by atoms with Crippen LogP contribution in [0.15, 0.2) is 42.4 Å². The first-order valence-corrected chi connectivity index (χ1v) is 10.8. The van der Waals surface area contributed by atoms with Gasteiger partial charge in [-0.2, -0.15) is 0 Å². The fourth-order valence-electron chi connectivity index (χ4n) is 2.87. The van der Waals surface area contributed by atoms with Gasteiger partial charge in [0.25, 0.3) is 0 Å². The standard InChI is InChI=1S/C24H37NO2/c1-2-3-4-5-6-7-8-9-10-11-12-13-14-15-16-19-24(26)27-22-23-18-17-20-25-21-23/h6,8,17-18,20-21H,2-5,9-16,19,22H2,1H3. The van der Waals surface area contributed by atoms with Gasteiger partial charge in [-0.15, -0.1) is 5.73 Å². The number of allylic oxidation sites excluding steroid dienone is 1. The largest absolute Gasteiger partial charge is 0.461 e. The Morgan fingerprint density at radius 1 is 1.00 bits per heavy atom. The third-order valence-corrected chi connectivity index (χ3v) is 4.54. The molecule has 0 N–H and O–H groups in total. The van der Waals surface area contributed by atoms with Crippen LogP contribution in [0, 0.1) is 0 Å². The minimum Gasteiger partial charge on any atom is -0.461 e. The first-order chi connectivity index (χ1) is 13.3. The molecule has 3 nitrogen and oxygen atoms in total. The number of carbonyl (C=O) groups is 1. The Morgan fingerprint density at radius 3 is 2.33 bits per heavy atom. The molecule has 1 aromatic heterocycles. The molecule has 0 saturated carbocycles. The maximum absolute atomic E-state index is 11.7. The lowest BCUT2D eigenvalue weighted by Crippen LogP contribution is -2.04. The lowest BCUT2D eigenvalue weighted by Gasteiger charge is -2.04. The summed E-state index contributed by atoms with van der Waals surface area (Å²) < 4.78 is 5.26. The molecule has 1 heterocycles. The van der Waals surface area contributed by atoms with E-state index in [2.05, 4.69) is 29.8 Å². The van der Waals surface area contributed by atoms with E-state index in [9.17, 15) is 4.79 Å². The Hall–Kier alpha value is -1.86. The highest BCUT2D eigenvalue weighted by atomic mass is 16.5. The molecule has 1 aromatic rings. The van der Waals surface area contributed by atoms with Gasteiger partial charge in [0.05, 0.1) is 0 Å². The number of hydrogen-bond acceptors (Lipinski definition) is 3. The van der Waals surface area contributed by atoms with Crippen LogP contribution in [0.1, 0.15) is 96.0 Å². The van der Waals surface area contributed by atoms with Crippen molar-refractivity contribution < 1.29 is 9.53 Å². The van der Waals surface area contributed by atoms with Crippen LogP contribution >= 0.6 is 0 Å². The van der Waals surface area contributed by atoms with Gasteiger partial charge in [0, 0.05) is 24.4 Å². The second-order valence-electron chi connectivity index (χ2n) is 7.11. The molecule has 0 bridgehead atoms. The van der Waals surface area contributed by atoms with E-state index in [0.29, 0.717) is 13.0 Å². The van der Waals surface area contributed by atoms with Crippen molar-refractivity contribution in [2.24, 2.45) is 0 Å². The molecule has 0 spiro atoms. The van der Waals surface area contributed by atoms with E-state index >= 15 is 0 Å². The summed E-state index contributed by atoms with van der Waals surface area (Å²) in [5.74, 6) is -0.103. The monoisotopic (exact) mass is 371 g/mol. The molecule has 3 heteroatoms. The van der Waals surface area contributed by atoms with Crippen molar-refractivity contribution in [3.05, 3.63) is 48.0 Å². The highest BCUT2D eigenvalue weighted by molar-refractivity contribution is 5.69. The number of nitrogens with zero attached hydrogens (tertiary/aromatic N) is 1. The molecule has 0 aliphatic carbocycles. The van der Waals surface area contributed by atoms with Crippen LogP contribution in [0.2, 0.25) is 0 Å². The van der Waals surface area contributed by atoms with Crippen molar-refractivity contribution >= 4 is 5.97 Å². The Labute approximate surface area is 165 Å². The molecule has 1 rings (SSSR count). The van der Waals surface area contributed by atoms with E-state index in [1.807, 2.05) is 12.1 Å². The van der Waals surface area contributed by atoms with Crippen molar-refractivity contribution in [1.29, 1.82) is 0 Å². The van der Waals surface area contributed by atoms with Gasteiger partial charge in [-0.25, -0.2) is 0 Å². The number of carbonyl (C=O) groups excluding carboxylic acids is 1. The Kier molecular flexibility index (Phi) is 15.1. The number of aromatic nitrogens is 1. The summed E-state index contributed by atoms with van der Waals surface area (Å²) in [5.41, 5.74) is 4.23. The third kappa shape index (κ3) is 14.9. The van der Waals surface area contributed by atoms with Crippen LogP contribution in [-0.4, -0.2) is 11.0 Å². The highest BCUT2D eigenvalue weighted by Gasteiger charge is 2.03. The van der Waals surface area contributed by atoms with Crippen molar-refractivity contribution in [3.63, 3.8) is 0 Å². The molecule has 0 unspecified atom stereocenters. The topological polar surface area (TPSA) is 39.2 Å². The predicted octanol–water partition coefficient (Wildman–Crippen LogP) is 6.93. The summed E-state index contributed by atoms with van der Waals surface area (Å²) in [5, 5.41) is 0. The SMILES string of the molecule is CCCCCC=C=CCCCCCCCCCC(=O)OCc1cccnc1. The van der Waals surface area contributed by atoms with Gasteiger partial charge in [0.15, 0.2) is 0 Å². The van der Waals surface area contributed by atoms with E-state index in [1.165, 1.54) is 57.8 Å². The van der Waals surface area contributed by atoms with E-state index in [0.717, 1.165) is 24.8 Å². The maximum Gasteiger partial charge on any atom is 0.306 e. The molecule has 0 saturated heterocycles. The van der Waals surface area contributed by atoms with E-state index in [-0.39, 0.29) is 5.97 Å². The predicted molar refractivity (Wildman–Crippen MR) is 112 cm³/mol. The first-order valence-electron chi connectivity index (χ1n) is 10.8. The number of pyridine rings is 1. The zero-order valence-electron chi connectivity index (χ0n) is 17.1. The van der Waals surface area contributed by atoms with E-state index in [1.54, 1.807) is 12.4 Å². The molecule has 0 aromatic carbocycles. The van der Waals surface area contributed by atoms with Crippen LogP contribution in [0.3, 0.4) is 0 Å². The number of esters is 1. The summed E-state index contributed by atoms with van der Waals surface area (Å²) >= 11 is 0. The minimum absolute atomic E-state index is 0.103. The van der Waals surface area contributed by atoms with Gasteiger partial charge in [-0.05, 0) is 50.3 Å². The van der Waals surface area contributed by atoms with Crippen LogP contribution in [0.4, 0.5) is 0 Å². The first kappa shape index (κ1) is 23.2. The van der Waals surface area contributed by atoms with Crippen molar-refractivity contribution in [2.45, 2.75) is 97.0 Å². The van der Waals surface area contributed by atoms with Crippen molar-refractivity contribution in [3.8, 4) is 0 Å². The van der Waals surface area contributed by atoms with Crippen LogP contribution in [0.5, 0.6) is 0 Å². The van der Waals surface area contributed by atoms with E-state index in [4.69, 9.17) is 4.74 Å². The minimum atomic E-state index is -0.103. The van der Waals surface area contributed by atoms with Crippen molar-refractivity contribution in [1.82, 2.24) is 4.98 Å². The zero-order valence-corrected chi connectivity index (χ0v) is 17.1.